The standard InChI is InChI=1S/C5H12N2O4S/c1-6-2-3-12(10,11)7-4-5(8)9/h6-7H,2-4H2,1H3,(H,8,9). The van der Waals surface area contributed by atoms with Crippen LogP contribution >= 0.6 is 0 Å². The Hall–Kier alpha value is -0.660. The number of carboxylic acids is 1. The molecule has 0 fully saturated rings. The lowest BCUT2D eigenvalue weighted by Gasteiger charge is -2.02. The summed E-state index contributed by atoms with van der Waals surface area (Å²) in [6.45, 7) is -0.263. The fourth-order valence-electron chi connectivity index (χ4n) is 0.480. The van der Waals surface area contributed by atoms with Gasteiger partial charge in [-0.15, -0.1) is 0 Å². The molecular weight excluding hydrogens is 184 g/mol. The van der Waals surface area contributed by atoms with Crippen LogP contribution in [0.1, 0.15) is 0 Å². The molecule has 0 heterocycles. The zero-order valence-corrected chi connectivity index (χ0v) is 7.52. The number of carbonyl (C=O) groups is 1. The largest absolute Gasteiger partial charge is 0.480 e. The lowest BCUT2D eigenvalue weighted by molar-refractivity contribution is -0.135. The van der Waals surface area contributed by atoms with Crippen LogP contribution in [-0.4, -0.2) is 45.4 Å². The Morgan fingerprint density at radius 1 is 1.50 bits per heavy atom. The molecule has 0 rings (SSSR count). The van der Waals surface area contributed by atoms with Crippen molar-refractivity contribution < 1.29 is 18.3 Å². The smallest absolute Gasteiger partial charge is 0.318 e. The van der Waals surface area contributed by atoms with Crippen molar-refractivity contribution in [1.29, 1.82) is 0 Å². The molecule has 0 unspecified atom stereocenters. The number of hydrogen-bond acceptors (Lipinski definition) is 4. The predicted octanol–water partition coefficient (Wildman–Crippen LogP) is -1.79. The molecule has 0 aliphatic carbocycles. The first-order chi connectivity index (χ1) is 5.48. The lowest BCUT2D eigenvalue weighted by atomic mass is 10.7. The van der Waals surface area contributed by atoms with E-state index in [9.17, 15) is 13.2 Å². The summed E-state index contributed by atoms with van der Waals surface area (Å²) in [5.74, 6) is -1.31. The van der Waals surface area contributed by atoms with E-state index in [4.69, 9.17) is 5.11 Å². The van der Waals surface area contributed by atoms with Gasteiger partial charge in [-0.05, 0) is 7.05 Å². The highest BCUT2D eigenvalue weighted by Crippen LogP contribution is 1.80. The summed E-state index contributed by atoms with van der Waals surface area (Å²) in [5.41, 5.74) is 0. The molecule has 0 amide bonds. The molecule has 0 spiro atoms. The van der Waals surface area contributed by atoms with Crippen molar-refractivity contribution in [2.45, 2.75) is 0 Å². The molecule has 72 valence electrons. The highest BCUT2D eigenvalue weighted by molar-refractivity contribution is 7.89. The Labute approximate surface area is 71.0 Å². The summed E-state index contributed by atoms with van der Waals surface area (Å²) in [7, 11) is -1.81. The highest BCUT2D eigenvalue weighted by atomic mass is 32.2. The first-order valence-electron chi connectivity index (χ1n) is 3.31. The number of hydrogen-bond donors (Lipinski definition) is 3. The monoisotopic (exact) mass is 196 g/mol. The minimum Gasteiger partial charge on any atom is -0.480 e. The topological polar surface area (TPSA) is 95.5 Å². The van der Waals surface area contributed by atoms with Crippen molar-refractivity contribution in [2.24, 2.45) is 0 Å². The zero-order valence-electron chi connectivity index (χ0n) is 6.70. The molecule has 0 aliphatic rings. The van der Waals surface area contributed by atoms with Gasteiger partial charge in [-0.1, -0.05) is 0 Å². The van der Waals surface area contributed by atoms with Gasteiger partial charge in [-0.25, -0.2) is 13.1 Å². The van der Waals surface area contributed by atoms with Gasteiger partial charge in [0.15, 0.2) is 0 Å². The van der Waals surface area contributed by atoms with Crippen LogP contribution in [-0.2, 0) is 14.8 Å². The van der Waals surface area contributed by atoms with E-state index >= 15 is 0 Å². The van der Waals surface area contributed by atoms with E-state index < -0.39 is 22.5 Å². The van der Waals surface area contributed by atoms with Gasteiger partial charge in [0.05, 0.1) is 5.75 Å². The van der Waals surface area contributed by atoms with Crippen molar-refractivity contribution >= 4 is 16.0 Å². The molecule has 3 N–H and O–H groups in total. The third-order valence-electron chi connectivity index (χ3n) is 1.06. The van der Waals surface area contributed by atoms with E-state index in [0.717, 1.165) is 0 Å². The van der Waals surface area contributed by atoms with Crippen molar-refractivity contribution in [3.8, 4) is 0 Å². The third-order valence-corrected chi connectivity index (χ3v) is 2.39. The first-order valence-corrected chi connectivity index (χ1v) is 4.97. The number of nitrogens with one attached hydrogen (secondary N) is 2. The molecule has 0 aromatic heterocycles. The maximum atomic E-state index is 10.9. The maximum Gasteiger partial charge on any atom is 0.318 e. The van der Waals surface area contributed by atoms with E-state index in [1.807, 2.05) is 4.72 Å². The Morgan fingerprint density at radius 3 is 2.50 bits per heavy atom. The highest BCUT2D eigenvalue weighted by Gasteiger charge is 2.09. The van der Waals surface area contributed by atoms with E-state index in [0.29, 0.717) is 6.54 Å². The second-order valence-corrected chi connectivity index (χ2v) is 4.06. The molecule has 0 bridgehead atoms. The first kappa shape index (κ1) is 11.3. The molecular formula is C5H12N2O4S. The summed E-state index contributed by atoms with van der Waals surface area (Å²) < 4.78 is 23.7. The molecule has 0 aromatic rings. The van der Waals surface area contributed by atoms with E-state index in [2.05, 4.69) is 5.32 Å². The zero-order chi connectivity index (χ0) is 9.61. The van der Waals surface area contributed by atoms with E-state index in [1.54, 1.807) is 7.05 Å². The van der Waals surface area contributed by atoms with Crippen LogP contribution in [0.4, 0.5) is 0 Å². The van der Waals surface area contributed by atoms with Gasteiger partial charge in [0.1, 0.15) is 6.54 Å². The molecule has 12 heavy (non-hydrogen) atoms. The normalized spacial score (nSPS) is 11.4. The van der Waals surface area contributed by atoms with Crippen molar-refractivity contribution in [2.75, 3.05) is 25.9 Å². The predicted molar refractivity (Wildman–Crippen MR) is 43.4 cm³/mol. The summed E-state index contributed by atoms with van der Waals surface area (Å²) in [5, 5.41) is 10.8. The van der Waals surface area contributed by atoms with Crippen LogP contribution in [0, 0.1) is 0 Å². The van der Waals surface area contributed by atoms with Gasteiger partial charge >= 0.3 is 5.97 Å². The Kier molecular flexibility index (Phi) is 4.79. The average Bonchev–Trinajstić information content (AvgIpc) is 1.98. The molecule has 7 heteroatoms. The minimum atomic E-state index is -3.43. The molecule has 0 atom stereocenters. The van der Waals surface area contributed by atoms with Crippen LogP contribution in [0.25, 0.3) is 0 Å². The van der Waals surface area contributed by atoms with Gasteiger partial charge in [0.2, 0.25) is 10.0 Å². The van der Waals surface area contributed by atoms with Crippen LogP contribution in [0.2, 0.25) is 0 Å². The lowest BCUT2D eigenvalue weighted by Crippen LogP contribution is -2.34. The van der Waals surface area contributed by atoms with Gasteiger partial charge < -0.3 is 10.4 Å². The van der Waals surface area contributed by atoms with Crippen LogP contribution in [0.3, 0.4) is 0 Å². The van der Waals surface area contributed by atoms with Crippen molar-refractivity contribution in [3.05, 3.63) is 0 Å². The number of rotatable bonds is 6. The number of sulfonamides is 1. The quantitative estimate of drug-likeness (QED) is 0.466. The van der Waals surface area contributed by atoms with Gasteiger partial charge in [-0.2, -0.15) is 0 Å². The second-order valence-electron chi connectivity index (χ2n) is 2.14. The third kappa shape index (κ3) is 6.08. The van der Waals surface area contributed by atoms with E-state index in [-0.39, 0.29) is 5.75 Å². The summed E-state index contributed by atoms with van der Waals surface area (Å²) >= 11 is 0. The molecule has 0 saturated carbocycles. The number of carboxylic acid groups (broad SMARTS) is 1. The minimum absolute atomic E-state index is 0.114. The molecule has 0 radical (unpaired) electrons. The van der Waals surface area contributed by atoms with Crippen molar-refractivity contribution in [3.63, 3.8) is 0 Å². The molecule has 0 aromatic carbocycles. The summed E-state index contributed by atoms with van der Waals surface area (Å²) in [4.78, 5) is 9.98. The summed E-state index contributed by atoms with van der Waals surface area (Å²) in [6, 6.07) is 0. The van der Waals surface area contributed by atoms with E-state index in [1.165, 1.54) is 0 Å². The Balaban J connectivity index is 3.80. The Bertz CT molecular complexity index is 236. The van der Waals surface area contributed by atoms with Gasteiger partial charge in [-0.3, -0.25) is 4.79 Å². The fraction of sp³-hybridized carbons (Fsp3) is 0.800. The fourth-order valence-corrected chi connectivity index (χ4v) is 1.44. The van der Waals surface area contributed by atoms with Crippen LogP contribution in [0.15, 0.2) is 0 Å². The Morgan fingerprint density at radius 2 is 2.08 bits per heavy atom. The second kappa shape index (κ2) is 5.07. The van der Waals surface area contributed by atoms with Crippen LogP contribution in [0.5, 0.6) is 0 Å². The van der Waals surface area contributed by atoms with Crippen molar-refractivity contribution in [1.82, 2.24) is 10.0 Å². The SMILES string of the molecule is CNCCS(=O)(=O)NCC(=O)O. The van der Waals surface area contributed by atoms with Gasteiger partial charge in [0, 0.05) is 6.54 Å². The molecule has 0 saturated heterocycles. The number of aliphatic carboxylic acids is 1. The maximum absolute atomic E-state index is 10.9. The van der Waals surface area contributed by atoms with Crippen LogP contribution < -0.4 is 10.0 Å². The molecule has 0 aliphatic heterocycles. The average molecular weight is 196 g/mol. The van der Waals surface area contributed by atoms with Gasteiger partial charge in [0.25, 0.3) is 0 Å². The molecule has 6 nitrogen and oxygen atoms in total. The summed E-state index contributed by atoms with van der Waals surface area (Å²) in [6.07, 6.45) is 0.